The lowest BCUT2D eigenvalue weighted by Gasteiger charge is -2.01. The Morgan fingerprint density at radius 2 is 2.19 bits per heavy atom. The third kappa shape index (κ3) is 2.51. The molecule has 2 aromatic heterocycles. The Morgan fingerprint density at radius 1 is 1.44 bits per heavy atom. The van der Waals surface area contributed by atoms with E-state index in [1.807, 2.05) is 17.5 Å². The van der Waals surface area contributed by atoms with Gasteiger partial charge in [-0.05, 0) is 11.4 Å². The van der Waals surface area contributed by atoms with Crippen molar-refractivity contribution in [1.82, 2.24) is 9.97 Å². The Morgan fingerprint density at radius 3 is 2.75 bits per heavy atom. The van der Waals surface area contributed by atoms with Crippen molar-refractivity contribution >= 4 is 23.0 Å². The lowest BCUT2D eigenvalue weighted by Crippen LogP contribution is -2.02. The number of rotatable bonds is 4. The van der Waals surface area contributed by atoms with Gasteiger partial charge in [-0.1, -0.05) is 6.07 Å². The first-order chi connectivity index (χ1) is 7.75. The molecule has 82 valence electrons. The SMILES string of the molecule is O=[N+]([O-])c1cnc(NCc2cccs2)nc1. The Kier molecular flexibility index (Phi) is 3.06. The summed E-state index contributed by atoms with van der Waals surface area (Å²) in [5.74, 6) is 0.388. The van der Waals surface area contributed by atoms with Gasteiger partial charge in [0, 0.05) is 4.88 Å². The lowest BCUT2D eigenvalue weighted by molar-refractivity contribution is -0.385. The highest BCUT2D eigenvalue weighted by atomic mass is 32.1. The molecule has 7 heteroatoms. The maximum Gasteiger partial charge on any atom is 0.305 e. The second-order valence-corrected chi connectivity index (χ2v) is 3.99. The highest BCUT2D eigenvalue weighted by Gasteiger charge is 2.06. The van der Waals surface area contributed by atoms with Crippen molar-refractivity contribution in [2.45, 2.75) is 6.54 Å². The molecule has 0 unspecified atom stereocenters. The van der Waals surface area contributed by atoms with Crippen molar-refractivity contribution in [3.05, 3.63) is 44.9 Å². The Balaban J connectivity index is 1.98. The maximum atomic E-state index is 10.4. The Hall–Kier alpha value is -2.02. The van der Waals surface area contributed by atoms with Gasteiger partial charge in [0.25, 0.3) is 0 Å². The van der Waals surface area contributed by atoms with Crippen molar-refractivity contribution in [2.24, 2.45) is 0 Å². The summed E-state index contributed by atoms with van der Waals surface area (Å²) >= 11 is 1.62. The topological polar surface area (TPSA) is 81.0 Å². The van der Waals surface area contributed by atoms with E-state index in [9.17, 15) is 10.1 Å². The molecule has 16 heavy (non-hydrogen) atoms. The summed E-state index contributed by atoms with van der Waals surface area (Å²) in [6.45, 7) is 0.621. The molecule has 2 rings (SSSR count). The summed E-state index contributed by atoms with van der Waals surface area (Å²) in [5.41, 5.74) is -0.110. The van der Waals surface area contributed by atoms with Gasteiger partial charge in [0.2, 0.25) is 5.95 Å². The molecule has 0 bridgehead atoms. The summed E-state index contributed by atoms with van der Waals surface area (Å²) in [6, 6.07) is 3.95. The summed E-state index contributed by atoms with van der Waals surface area (Å²) in [4.78, 5) is 18.7. The zero-order valence-electron chi connectivity index (χ0n) is 8.16. The number of anilines is 1. The van der Waals surface area contributed by atoms with Crippen LogP contribution in [0.3, 0.4) is 0 Å². The van der Waals surface area contributed by atoms with Gasteiger partial charge in [0.1, 0.15) is 12.4 Å². The highest BCUT2D eigenvalue weighted by molar-refractivity contribution is 7.09. The van der Waals surface area contributed by atoms with Gasteiger partial charge in [0.15, 0.2) is 0 Å². The number of nitrogens with zero attached hydrogens (tertiary/aromatic N) is 3. The first-order valence-corrected chi connectivity index (χ1v) is 5.36. The zero-order valence-corrected chi connectivity index (χ0v) is 8.98. The Labute approximate surface area is 95.1 Å². The van der Waals surface area contributed by atoms with E-state index >= 15 is 0 Å². The predicted octanol–water partition coefficient (Wildman–Crippen LogP) is 2.06. The molecule has 0 aliphatic rings. The number of thiophene rings is 1. The quantitative estimate of drug-likeness (QED) is 0.649. The van der Waals surface area contributed by atoms with E-state index in [0.29, 0.717) is 12.5 Å². The van der Waals surface area contributed by atoms with Crippen LogP contribution >= 0.6 is 11.3 Å². The fourth-order valence-corrected chi connectivity index (χ4v) is 1.73. The van der Waals surface area contributed by atoms with Crippen molar-refractivity contribution in [2.75, 3.05) is 5.32 Å². The number of nitro groups is 1. The first-order valence-electron chi connectivity index (χ1n) is 4.48. The minimum Gasteiger partial charge on any atom is -0.349 e. The molecule has 2 aromatic rings. The monoisotopic (exact) mass is 236 g/mol. The highest BCUT2D eigenvalue weighted by Crippen LogP contribution is 2.11. The molecule has 0 aromatic carbocycles. The molecule has 0 fully saturated rings. The van der Waals surface area contributed by atoms with Crippen LogP contribution in [0, 0.1) is 10.1 Å². The molecule has 0 saturated heterocycles. The largest absolute Gasteiger partial charge is 0.349 e. The van der Waals surface area contributed by atoms with Gasteiger partial charge in [-0.15, -0.1) is 11.3 Å². The zero-order chi connectivity index (χ0) is 11.4. The normalized spacial score (nSPS) is 10.0. The van der Waals surface area contributed by atoms with Crippen LogP contribution in [0.15, 0.2) is 29.9 Å². The van der Waals surface area contributed by atoms with Crippen LogP contribution in [0.5, 0.6) is 0 Å². The average molecular weight is 236 g/mol. The molecular formula is C9H8N4O2S. The van der Waals surface area contributed by atoms with Gasteiger partial charge in [-0.25, -0.2) is 9.97 Å². The average Bonchev–Trinajstić information content (AvgIpc) is 2.80. The van der Waals surface area contributed by atoms with E-state index in [1.54, 1.807) is 11.3 Å². The summed E-state index contributed by atoms with van der Waals surface area (Å²) in [7, 11) is 0. The summed E-state index contributed by atoms with van der Waals surface area (Å²) < 4.78 is 0. The van der Waals surface area contributed by atoms with Gasteiger partial charge in [-0.2, -0.15) is 0 Å². The van der Waals surface area contributed by atoms with Crippen LogP contribution in [0.1, 0.15) is 4.88 Å². The first kappa shape index (κ1) is 10.5. The van der Waals surface area contributed by atoms with E-state index in [0.717, 1.165) is 4.88 Å². The summed E-state index contributed by atoms with van der Waals surface area (Å²) in [5, 5.41) is 15.3. The molecular weight excluding hydrogens is 228 g/mol. The number of nitrogens with one attached hydrogen (secondary N) is 1. The van der Waals surface area contributed by atoms with Crippen LogP contribution in [0.4, 0.5) is 11.6 Å². The van der Waals surface area contributed by atoms with Crippen LogP contribution in [0.25, 0.3) is 0 Å². The molecule has 0 amide bonds. The van der Waals surface area contributed by atoms with E-state index in [4.69, 9.17) is 0 Å². The van der Waals surface area contributed by atoms with Crippen LogP contribution in [0.2, 0.25) is 0 Å². The van der Waals surface area contributed by atoms with Gasteiger partial charge >= 0.3 is 5.69 Å². The molecule has 0 aliphatic carbocycles. The van der Waals surface area contributed by atoms with Crippen LogP contribution in [-0.4, -0.2) is 14.9 Å². The molecule has 0 aliphatic heterocycles. The minimum atomic E-state index is -0.525. The minimum absolute atomic E-state index is 0.110. The maximum absolute atomic E-state index is 10.4. The molecule has 0 radical (unpaired) electrons. The molecule has 0 atom stereocenters. The molecule has 0 saturated carbocycles. The van der Waals surface area contributed by atoms with Crippen molar-refractivity contribution in [1.29, 1.82) is 0 Å². The third-order valence-electron chi connectivity index (χ3n) is 1.85. The second kappa shape index (κ2) is 4.67. The Bertz CT molecular complexity index is 469. The molecule has 2 heterocycles. The fraction of sp³-hybridized carbons (Fsp3) is 0.111. The molecule has 0 spiro atoms. The van der Waals surface area contributed by atoms with Crippen LogP contribution < -0.4 is 5.32 Å². The van der Waals surface area contributed by atoms with E-state index in [-0.39, 0.29) is 5.69 Å². The lowest BCUT2D eigenvalue weighted by atomic mass is 10.5. The van der Waals surface area contributed by atoms with E-state index < -0.39 is 4.92 Å². The van der Waals surface area contributed by atoms with E-state index in [2.05, 4.69) is 15.3 Å². The van der Waals surface area contributed by atoms with E-state index in [1.165, 1.54) is 12.4 Å². The second-order valence-electron chi connectivity index (χ2n) is 2.95. The van der Waals surface area contributed by atoms with Gasteiger partial charge < -0.3 is 5.32 Å². The number of aromatic nitrogens is 2. The summed E-state index contributed by atoms with van der Waals surface area (Å²) in [6.07, 6.45) is 2.37. The standard InChI is InChI=1S/C9H8N4O2S/c14-13(15)7-4-10-9(11-5-7)12-6-8-2-1-3-16-8/h1-5H,6H2,(H,10,11,12). The van der Waals surface area contributed by atoms with Crippen LogP contribution in [-0.2, 0) is 6.54 Å². The van der Waals surface area contributed by atoms with Gasteiger partial charge in [0.05, 0.1) is 11.5 Å². The molecule has 1 N–H and O–H groups in total. The smallest absolute Gasteiger partial charge is 0.305 e. The number of hydrogen-bond donors (Lipinski definition) is 1. The van der Waals surface area contributed by atoms with Crippen molar-refractivity contribution < 1.29 is 4.92 Å². The number of hydrogen-bond acceptors (Lipinski definition) is 6. The van der Waals surface area contributed by atoms with Crippen molar-refractivity contribution in [3.8, 4) is 0 Å². The molecule has 6 nitrogen and oxygen atoms in total. The predicted molar refractivity (Wildman–Crippen MR) is 60.3 cm³/mol. The van der Waals surface area contributed by atoms with Crippen molar-refractivity contribution in [3.63, 3.8) is 0 Å². The van der Waals surface area contributed by atoms with Gasteiger partial charge in [-0.3, -0.25) is 10.1 Å². The fourth-order valence-electron chi connectivity index (χ4n) is 1.09. The third-order valence-corrected chi connectivity index (χ3v) is 2.73.